The van der Waals surface area contributed by atoms with Gasteiger partial charge >= 0.3 is 0 Å². The summed E-state index contributed by atoms with van der Waals surface area (Å²) in [4.78, 5) is 17.5. The summed E-state index contributed by atoms with van der Waals surface area (Å²) in [6.07, 6.45) is 1.78. The lowest BCUT2D eigenvalue weighted by Gasteiger charge is -2.11. The van der Waals surface area contributed by atoms with Crippen molar-refractivity contribution < 1.29 is 13.9 Å². The van der Waals surface area contributed by atoms with Crippen LogP contribution in [0.2, 0.25) is 5.02 Å². The zero-order chi connectivity index (χ0) is 23.5. The van der Waals surface area contributed by atoms with Gasteiger partial charge in [-0.1, -0.05) is 29.8 Å². The molecule has 0 atom stereocenters. The number of hydrogen-bond acceptors (Lipinski definition) is 4. The van der Waals surface area contributed by atoms with Gasteiger partial charge in [-0.2, -0.15) is 0 Å². The summed E-state index contributed by atoms with van der Waals surface area (Å²) in [6, 6.07) is 15.4. The van der Waals surface area contributed by atoms with Crippen molar-refractivity contribution in [1.82, 2.24) is 5.32 Å². The first-order valence-corrected chi connectivity index (χ1v) is 12.5. The maximum absolute atomic E-state index is 13.4. The molecule has 1 aliphatic rings. The van der Waals surface area contributed by atoms with E-state index in [-0.39, 0.29) is 18.3 Å². The minimum atomic E-state index is -0.308. The fraction of sp³-hybridized carbons (Fsp3) is 0.0833. The van der Waals surface area contributed by atoms with Crippen LogP contribution >= 0.6 is 55.2 Å². The van der Waals surface area contributed by atoms with Gasteiger partial charge in [0.15, 0.2) is 5.17 Å². The van der Waals surface area contributed by atoms with Crippen LogP contribution < -0.4 is 10.1 Å². The molecular formula is C24H16Br2ClFN2O2S. The van der Waals surface area contributed by atoms with E-state index < -0.39 is 0 Å². The van der Waals surface area contributed by atoms with Gasteiger partial charge in [-0.3, -0.25) is 4.79 Å². The molecule has 168 valence electrons. The third-order valence-corrected chi connectivity index (χ3v) is 7.20. The van der Waals surface area contributed by atoms with E-state index in [0.29, 0.717) is 35.5 Å². The van der Waals surface area contributed by atoms with Crippen molar-refractivity contribution in [2.75, 3.05) is 0 Å². The Hall–Kier alpha value is -2.13. The van der Waals surface area contributed by atoms with Crippen LogP contribution in [0, 0.1) is 12.7 Å². The number of rotatable bonds is 5. The Morgan fingerprint density at radius 1 is 1.15 bits per heavy atom. The first-order chi connectivity index (χ1) is 15.8. The second kappa shape index (κ2) is 10.4. The van der Waals surface area contributed by atoms with Gasteiger partial charge < -0.3 is 10.1 Å². The van der Waals surface area contributed by atoms with Crippen LogP contribution in [-0.2, 0) is 11.4 Å². The van der Waals surface area contributed by atoms with E-state index in [9.17, 15) is 9.18 Å². The lowest BCUT2D eigenvalue weighted by Crippen LogP contribution is -2.19. The Morgan fingerprint density at radius 2 is 1.88 bits per heavy atom. The summed E-state index contributed by atoms with van der Waals surface area (Å²) < 4.78 is 20.7. The SMILES string of the molecule is Cc1c(Cl)cccc1N=C1NC(=O)/C(=C\c2cc(Br)c(OCc3cccc(F)c3)c(Br)c2)S1. The molecule has 0 saturated carbocycles. The molecule has 0 radical (unpaired) electrons. The lowest BCUT2D eigenvalue weighted by atomic mass is 10.2. The first-order valence-electron chi connectivity index (χ1n) is 9.71. The monoisotopic (exact) mass is 608 g/mol. The molecule has 33 heavy (non-hydrogen) atoms. The van der Waals surface area contributed by atoms with Crippen LogP contribution in [0.15, 0.2) is 73.4 Å². The van der Waals surface area contributed by atoms with Crippen molar-refractivity contribution in [2.24, 2.45) is 4.99 Å². The van der Waals surface area contributed by atoms with Crippen LogP contribution in [0.25, 0.3) is 6.08 Å². The highest BCUT2D eigenvalue weighted by Gasteiger charge is 2.24. The summed E-state index contributed by atoms with van der Waals surface area (Å²) in [5, 5.41) is 3.90. The smallest absolute Gasteiger partial charge is 0.264 e. The van der Waals surface area contributed by atoms with E-state index >= 15 is 0 Å². The van der Waals surface area contributed by atoms with Crippen molar-refractivity contribution >= 4 is 78.1 Å². The molecule has 0 unspecified atom stereocenters. The number of ether oxygens (including phenoxy) is 1. The number of amidine groups is 1. The Morgan fingerprint density at radius 3 is 2.61 bits per heavy atom. The molecule has 0 aliphatic carbocycles. The van der Waals surface area contributed by atoms with Crippen LogP contribution in [-0.4, -0.2) is 11.1 Å². The third kappa shape index (κ3) is 5.87. The summed E-state index contributed by atoms with van der Waals surface area (Å²) >= 11 is 14.5. The Kier molecular flexibility index (Phi) is 7.58. The number of aliphatic imine (C=N–C) groups is 1. The van der Waals surface area contributed by atoms with Crippen molar-refractivity contribution in [3.63, 3.8) is 0 Å². The highest BCUT2D eigenvalue weighted by Crippen LogP contribution is 2.37. The van der Waals surface area contributed by atoms with Gasteiger partial charge in [0.1, 0.15) is 18.2 Å². The number of hydrogen-bond donors (Lipinski definition) is 1. The zero-order valence-corrected chi connectivity index (χ0v) is 21.9. The Bertz CT molecular complexity index is 1290. The predicted octanol–water partition coefficient (Wildman–Crippen LogP) is 7.78. The molecule has 1 amide bonds. The minimum absolute atomic E-state index is 0.219. The molecule has 1 aliphatic heterocycles. The second-order valence-corrected chi connectivity index (χ2v) is 10.2. The number of benzene rings is 3. The number of thioether (sulfide) groups is 1. The number of nitrogens with zero attached hydrogens (tertiary/aromatic N) is 1. The van der Waals surface area contributed by atoms with Gasteiger partial charge in [-0.05, 0) is 110 Å². The molecular weight excluding hydrogens is 595 g/mol. The quantitative estimate of drug-likeness (QED) is 0.300. The summed E-state index contributed by atoms with van der Waals surface area (Å²) in [6.45, 7) is 2.10. The molecule has 4 nitrogen and oxygen atoms in total. The Labute approximate surface area is 216 Å². The van der Waals surface area contributed by atoms with Gasteiger partial charge in [0.05, 0.1) is 19.5 Å². The van der Waals surface area contributed by atoms with E-state index in [1.54, 1.807) is 24.3 Å². The molecule has 3 aromatic carbocycles. The fourth-order valence-electron chi connectivity index (χ4n) is 3.04. The topological polar surface area (TPSA) is 50.7 Å². The Balaban J connectivity index is 1.52. The van der Waals surface area contributed by atoms with E-state index in [2.05, 4.69) is 42.2 Å². The van der Waals surface area contributed by atoms with E-state index in [1.807, 2.05) is 31.2 Å². The summed E-state index contributed by atoms with van der Waals surface area (Å²) in [5.41, 5.74) is 3.07. The third-order valence-electron chi connectivity index (χ3n) is 4.70. The van der Waals surface area contributed by atoms with Crippen LogP contribution in [0.3, 0.4) is 0 Å². The highest BCUT2D eigenvalue weighted by atomic mass is 79.9. The lowest BCUT2D eigenvalue weighted by molar-refractivity contribution is -0.115. The molecule has 0 aromatic heterocycles. The van der Waals surface area contributed by atoms with Crippen LogP contribution in [0.4, 0.5) is 10.1 Å². The van der Waals surface area contributed by atoms with Gasteiger partial charge in [0.25, 0.3) is 5.91 Å². The number of halogens is 4. The molecule has 1 saturated heterocycles. The molecule has 3 aromatic rings. The zero-order valence-electron chi connectivity index (χ0n) is 17.2. The molecule has 0 bridgehead atoms. The van der Waals surface area contributed by atoms with Crippen molar-refractivity contribution in [3.05, 3.63) is 96.0 Å². The normalized spacial score (nSPS) is 15.8. The number of nitrogens with one attached hydrogen (secondary N) is 1. The predicted molar refractivity (Wildman–Crippen MR) is 140 cm³/mol. The van der Waals surface area contributed by atoms with Gasteiger partial charge in [0, 0.05) is 5.02 Å². The van der Waals surface area contributed by atoms with Gasteiger partial charge in [0.2, 0.25) is 0 Å². The van der Waals surface area contributed by atoms with E-state index in [4.69, 9.17) is 16.3 Å². The average molecular weight is 611 g/mol. The molecule has 1 fully saturated rings. The summed E-state index contributed by atoms with van der Waals surface area (Å²) in [5.74, 6) is 0.0534. The van der Waals surface area contributed by atoms with Crippen molar-refractivity contribution in [1.29, 1.82) is 0 Å². The molecule has 4 rings (SSSR count). The highest BCUT2D eigenvalue weighted by molar-refractivity contribution is 9.11. The number of amides is 1. The van der Waals surface area contributed by atoms with Gasteiger partial charge in [-0.15, -0.1) is 0 Å². The molecule has 0 spiro atoms. The van der Waals surface area contributed by atoms with E-state index in [1.165, 1.54) is 23.9 Å². The summed E-state index contributed by atoms with van der Waals surface area (Å²) in [7, 11) is 0. The molecule has 9 heteroatoms. The van der Waals surface area contributed by atoms with Crippen molar-refractivity contribution in [3.8, 4) is 5.75 Å². The second-order valence-electron chi connectivity index (χ2n) is 7.10. The van der Waals surface area contributed by atoms with Crippen molar-refractivity contribution in [2.45, 2.75) is 13.5 Å². The van der Waals surface area contributed by atoms with E-state index in [0.717, 1.165) is 16.7 Å². The van der Waals surface area contributed by atoms with Gasteiger partial charge in [-0.25, -0.2) is 9.38 Å². The van der Waals surface area contributed by atoms with Crippen LogP contribution in [0.1, 0.15) is 16.7 Å². The maximum Gasteiger partial charge on any atom is 0.264 e. The first kappa shape index (κ1) is 24.0. The largest absolute Gasteiger partial charge is 0.487 e. The molecule has 1 N–H and O–H groups in total. The van der Waals surface area contributed by atoms with Crippen LogP contribution in [0.5, 0.6) is 5.75 Å². The average Bonchev–Trinajstić information content (AvgIpc) is 3.09. The molecule has 1 heterocycles. The number of carbonyl (C=O) groups excluding carboxylic acids is 1. The maximum atomic E-state index is 13.4. The number of carbonyl (C=O) groups is 1. The minimum Gasteiger partial charge on any atom is -0.487 e. The fourth-order valence-corrected chi connectivity index (χ4v) is 5.50. The standard InChI is InChI=1S/C24H16Br2ClFN2O2S/c1-13-19(27)6-3-7-20(13)29-24-30-23(31)21(33-24)11-15-9-17(25)22(18(26)10-15)32-12-14-4-2-5-16(28)8-14/h2-11H,12H2,1H3,(H,29,30,31)/b21-11+.